The van der Waals surface area contributed by atoms with Crippen LogP contribution in [0.2, 0.25) is 5.02 Å². The summed E-state index contributed by atoms with van der Waals surface area (Å²) in [5, 5.41) is 3.29. The lowest BCUT2D eigenvalue weighted by molar-refractivity contribution is -0.150. The number of benzene rings is 1. The van der Waals surface area contributed by atoms with Crippen LogP contribution in [0, 0.1) is 0 Å². The van der Waals surface area contributed by atoms with Crippen LogP contribution < -0.4 is 9.61 Å². The molecule has 0 amide bonds. The fourth-order valence-corrected chi connectivity index (χ4v) is 3.91. The highest BCUT2D eigenvalue weighted by molar-refractivity contribution is 7.56. The van der Waals surface area contributed by atoms with Crippen molar-refractivity contribution in [3.05, 3.63) is 29.3 Å². The molecular formula is C15H21ClNO4P. The molecule has 1 aliphatic carbocycles. The van der Waals surface area contributed by atoms with E-state index >= 15 is 0 Å². The smallest absolute Gasteiger partial charge is 0.323 e. The summed E-state index contributed by atoms with van der Waals surface area (Å²) in [5.74, 6) is 0.0350. The van der Waals surface area contributed by atoms with Gasteiger partial charge in [0.05, 0.1) is 0 Å². The topological polar surface area (TPSA) is 64.6 Å². The Morgan fingerprint density at radius 1 is 1.32 bits per heavy atom. The quantitative estimate of drug-likeness (QED) is 0.623. The van der Waals surface area contributed by atoms with E-state index in [0.29, 0.717) is 10.8 Å². The molecule has 0 aromatic heterocycles. The van der Waals surface area contributed by atoms with Gasteiger partial charge in [-0.25, -0.2) is 5.09 Å². The van der Waals surface area contributed by atoms with Crippen LogP contribution in [-0.2, 0) is 14.1 Å². The van der Waals surface area contributed by atoms with E-state index in [1.165, 1.54) is 6.66 Å². The second kappa shape index (κ2) is 7.49. The molecule has 5 nitrogen and oxygen atoms in total. The summed E-state index contributed by atoms with van der Waals surface area (Å²) in [6, 6.07) is 5.86. The van der Waals surface area contributed by atoms with E-state index in [1.807, 2.05) is 0 Å². The van der Waals surface area contributed by atoms with Crippen molar-refractivity contribution in [1.82, 2.24) is 5.09 Å². The molecule has 1 N–H and O–H groups in total. The average Bonchev–Trinajstić information content (AvgIpc) is 2.93. The van der Waals surface area contributed by atoms with Gasteiger partial charge in [0, 0.05) is 11.7 Å². The van der Waals surface area contributed by atoms with Crippen molar-refractivity contribution >= 4 is 25.1 Å². The van der Waals surface area contributed by atoms with Crippen molar-refractivity contribution < 1.29 is 18.6 Å². The van der Waals surface area contributed by atoms with Gasteiger partial charge in [0.1, 0.15) is 17.9 Å². The van der Waals surface area contributed by atoms with Crippen molar-refractivity contribution in [2.75, 3.05) is 6.66 Å². The van der Waals surface area contributed by atoms with Crippen LogP contribution in [0.1, 0.15) is 32.6 Å². The predicted molar refractivity (Wildman–Crippen MR) is 86.6 cm³/mol. The summed E-state index contributed by atoms with van der Waals surface area (Å²) >= 11 is 5.79. The summed E-state index contributed by atoms with van der Waals surface area (Å²) in [4.78, 5) is 12.0. The number of ether oxygens (including phenoxy) is 1. The molecule has 1 saturated carbocycles. The lowest BCUT2D eigenvalue weighted by Crippen LogP contribution is -2.35. The monoisotopic (exact) mass is 345 g/mol. The van der Waals surface area contributed by atoms with E-state index in [9.17, 15) is 9.36 Å². The second-order valence-electron chi connectivity index (χ2n) is 5.59. The highest BCUT2D eigenvalue weighted by Crippen LogP contribution is 2.39. The summed E-state index contributed by atoms with van der Waals surface area (Å²) < 4.78 is 23.3. The van der Waals surface area contributed by atoms with Crippen LogP contribution in [-0.4, -0.2) is 24.8 Å². The molecule has 1 fully saturated rings. The SMILES string of the molecule is C[C@H](NP(C)(=O)Oc1ccc(Cl)cc1)C(=O)OC1CCCC1. The summed E-state index contributed by atoms with van der Waals surface area (Å²) in [6.07, 6.45) is 3.98. The number of hydrogen-bond donors (Lipinski definition) is 1. The first-order chi connectivity index (χ1) is 10.4. The predicted octanol–water partition coefficient (Wildman–Crippen LogP) is 4.01. The minimum atomic E-state index is -3.18. The fraction of sp³-hybridized carbons (Fsp3) is 0.533. The summed E-state index contributed by atoms with van der Waals surface area (Å²) in [6.45, 7) is 3.06. The van der Waals surface area contributed by atoms with Gasteiger partial charge in [-0.05, 0) is 56.9 Å². The molecule has 1 unspecified atom stereocenters. The standard InChI is InChI=1S/C15H21ClNO4P/c1-11(15(18)20-13-5-3-4-6-13)17-22(2,19)21-14-9-7-12(16)8-10-14/h7-11,13H,3-6H2,1-2H3,(H,17,19)/t11-,22?/m0/s1. The summed E-state index contributed by atoms with van der Waals surface area (Å²) in [5.41, 5.74) is 0. The minimum absolute atomic E-state index is 0.00910. The number of carbonyl (C=O) groups is 1. The maximum atomic E-state index is 12.4. The first-order valence-corrected chi connectivity index (χ1v) is 9.82. The molecule has 1 aromatic rings. The molecule has 0 spiro atoms. The van der Waals surface area contributed by atoms with Gasteiger partial charge in [-0.2, -0.15) is 0 Å². The third-order valence-electron chi connectivity index (χ3n) is 3.46. The zero-order valence-electron chi connectivity index (χ0n) is 12.8. The third-order valence-corrected chi connectivity index (χ3v) is 5.13. The lowest BCUT2D eigenvalue weighted by Gasteiger charge is -2.21. The van der Waals surface area contributed by atoms with Gasteiger partial charge < -0.3 is 9.26 Å². The zero-order valence-corrected chi connectivity index (χ0v) is 14.4. The largest absolute Gasteiger partial charge is 0.461 e. The molecule has 22 heavy (non-hydrogen) atoms. The lowest BCUT2D eigenvalue weighted by atomic mass is 10.3. The zero-order chi connectivity index (χ0) is 16.2. The molecule has 0 radical (unpaired) electrons. The maximum Gasteiger partial charge on any atom is 0.323 e. The molecule has 1 aliphatic rings. The van der Waals surface area contributed by atoms with E-state index in [-0.39, 0.29) is 6.10 Å². The molecule has 0 heterocycles. The van der Waals surface area contributed by atoms with Crippen LogP contribution in [0.15, 0.2) is 24.3 Å². The number of esters is 1. The number of carbonyl (C=O) groups excluding carboxylic acids is 1. The molecular weight excluding hydrogens is 325 g/mol. The third kappa shape index (κ3) is 5.31. The van der Waals surface area contributed by atoms with Gasteiger partial charge in [-0.15, -0.1) is 0 Å². The van der Waals surface area contributed by atoms with E-state index in [4.69, 9.17) is 20.9 Å². The van der Waals surface area contributed by atoms with Gasteiger partial charge in [-0.1, -0.05) is 11.6 Å². The summed E-state index contributed by atoms with van der Waals surface area (Å²) in [7, 11) is -3.18. The normalized spacial score (nSPS) is 19.4. The Hall–Kier alpha value is -1.03. The van der Waals surface area contributed by atoms with E-state index < -0.39 is 19.5 Å². The Balaban J connectivity index is 1.87. The highest BCUT2D eigenvalue weighted by atomic mass is 35.5. The fourth-order valence-electron chi connectivity index (χ4n) is 2.40. The maximum absolute atomic E-state index is 12.4. The van der Waals surface area contributed by atoms with Crippen LogP contribution >= 0.6 is 19.1 Å². The molecule has 0 saturated heterocycles. The number of rotatable bonds is 6. The van der Waals surface area contributed by atoms with Crippen LogP contribution in [0.4, 0.5) is 0 Å². The highest BCUT2D eigenvalue weighted by Gasteiger charge is 2.28. The average molecular weight is 346 g/mol. The van der Waals surface area contributed by atoms with Gasteiger partial charge >= 0.3 is 13.5 Å². The molecule has 7 heteroatoms. The Morgan fingerprint density at radius 2 is 1.91 bits per heavy atom. The number of nitrogens with one attached hydrogen (secondary N) is 1. The molecule has 2 rings (SSSR count). The van der Waals surface area contributed by atoms with Gasteiger partial charge in [0.25, 0.3) is 0 Å². The van der Waals surface area contributed by atoms with Crippen LogP contribution in [0.5, 0.6) is 5.75 Å². The Kier molecular flexibility index (Phi) is 5.90. The van der Waals surface area contributed by atoms with Crippen molar-refractivity contribution in [3.8, 4) is 5.75 Å². The molecule has 1 aromatic carbocycles. The second-order valence-corrected chi connectivity index (χ2v) is 8.15. The van der Waals surface area contributed by atoms with Crippen LogP contribution in [0.25, 0.3) is 0 Å². The van der Waals surface area contributed by atoms with Crippen molar-refractivity contribution in [2.45, 2.75) is 44.8 Å². The van der Waals surface area contributed by atoms with E-state index in [1.54, 1.807) is 31.2 Å². The first kappa shape index (κ1) is 17.3. The van der Waals surface area contributed by atoms with E-state index in [0.717, 1.165) is 25.7 Å². The molecule has 0 bridgehead atoms. The molecule has 122 valence electrons. The first-order valence-electron chi connectivity index (χ1n) is 7.37. The van der Waals surface area contributed by atoms with Crippen molar-refractivity contribution in [1.29, 1.82) is 0 Å². The Morgan fingerprint density at radius 3 is 2.50 bits per heavy atom. The number of halogens is 1. The van der Waals surface area contributed by atoms with Gasteiger partial charge in [0.15, 0.2) is 0 Å². The molecule has 0 aliphatic heterocycles. The number of hydrogen-bond acceptors (Lipinski definition) is 4. The van der Waals surface area contributed by atoms with Crippen molar-refractivity contribution in [2.24, 2.45) is 0 Å². The Labute approximate surface area is 135 Å². The van der Waals surface area contributed by atoms with E-state index in [2.05, 4.69) is 5.09 Å². The minimum Gasteiger partial charge on any atom is -0.461 e. The van der Waals surface area contributed by atoms with Crippen molar-refractivity contribution in [3.63, 3.8) is 0 Å². The molecule has 2 atom stereocenters. The van der Waals surface area contributed by atoms with Gasteiger partial charge in [0.2, 0.25) is 0 Å². The van der Waals surface area contributed by atoms with Crippen LogP contribution in [0.3, 0.4) is 0 Å². The van der Waals surface area contributed by atoms with Gasteiger partial charge in [-0.3, -0.25) is 9.36 Å². The Bertz CT molecular complexity index is 557.